The van der Waals surface area contributed by atoms with Crippen molar-refractivity contribution in [3.63, 3.8) is 0 Å². The lowest BCUT2D eigenvalue weighted by molar-refractivity contribution is -0.137. The molecule has 0 amide bonds. The molecule has 0 heterocycles. The number of carboxylic acids is 1. The summed E-state index contributed by atoms with van der Waals surface area (Å²) in [7, 11) is 0. The fraction of sp³-hybridized carbons (Fsp3) is 0.778. The van der Waals surface area contributed by atoms with Gasteiger partial charge in [-0.1, -0.05) is 6.42 Å². The van der Waals surface area contributed by atoms with Crippen molar-refractivity contribution in [2.75, 3.05) is 0 Å². The summed E-state index contributed by atoms with van der Waals surface area (Å²) < 4.78 is 0. The SMILES string of the molecule is C[C@H](N=C1CCCCC1)C(=O)O. The second kappa shape index (κ2) is 4.24. The Labute approximate surface area is 72.5 Å². The molecular formula is C9H15NO2. The van der Waals surface area contributed by atoms with E-state index in [2.05, 4.69) is 4.99 Å². The monoisotopic (exact) mass is 169 g/mol. The lowest BCUT2D eigenvalue weighted by Crippen LogP contribution is -2.17. The van der Waals surface area contributed by atoms with Gasteiger partial charge in [0.25, 0.3) is 0 Å². The molecule has 1 aliphatic carbocycles. The van der Waals surface area contributed by atoms with Crippen LogP contribution < -0.4 is 0 Å². The Morgan fingerprint density at radius 1 is 1.42 bits per heavy atom. The molecule has 1 atom stereocenters. The summed E-state index contributed by atoms with van der Waals surface area (Å²) in [6, 6.07) is -0.557. The predicted octanol–water partition coefficient (Wildman–Crippen LogP) is 1.86. The molecule has 3 nitrogen and oxygen atoms in total. The molecule has 0 spiro atoms. The first-order chi connectivity index (χ1) is 5.70. The fourth-order valence-electron chi connectivity index (χ4n) is 1.42. The maximum Gasteiger partial charge on any atom is 0.328 e. The van der Waals surface area contributed by atoms with Crippen LogP contribution in [0.15, 0.2) is 4.99 Å². The lowest BCUT2D eigenvalue weighted by Gasteiger charge is -2.13. The smallest absolute Gasteiger partial charge is 0.328 e. The molecule has 0 aromatic carbocycles. The lowest BCUT2D eigenvalue weighted by atomic mass is 9.98. The van der Waals surface area contributed by atoms with Gasteiger partial charge in [-0.3, -0.25) is 4.99 Å². The molecule has 0 saturated heterocycles. The molecule has 1 fully saturated rings. The van der Waals surface area contributed by atoms with E-state index in [1.807, 2.05) is 0 Å². The average Bonchev–Trinajstić information content (AvgIpc) is 2.06. The molecule has 68 valence electrons. The molecule has 0 unspecified atom stereocenters. The normalized spacial score (nSPS) is 20.2. The Kier molecular flexibility index (Phi) is 3.26. The number of carboxylic acid groups (broad SMARTS) is 1. The van der Waals surface area contributed by atoms with Gasteiger partial charge in [0.2, 0.25) is 0 Å². The first-order valence-corrected chi connectivity index (χ1v) is 4.48. The number of aliphatic imine (C=N–C) groups is 1. The van der Waals surface area contributed by atoms with E-state index in [1.54, 1.807) is 6.92 Å². The van der Waals surface area contributed by atoms with Gasteiger partial charge in [0, 0.05) is 5.71 Å². The van der Waals surface area contributed by atoms with Crippen LogP contribution in [0.5, 0.6) is 0 Å². The van der Waals surface area contributed by atoms with Gasteiger partial charge in [-0.2, -0.15) is 0 Å². The highest BCUT2D eigenvalue weighted by atomic mass is 16.4. The third-order valence-corrected chi connectivity index (χ3v) is 2.16. The van der Waals surface area contributed by atoms with Crippen molar-refractivity contribution in [1.82, 2.24) is 0 Å². The fourth-order valence-corrected chi connectivity index (χ4v) is 1.42. The Hall–Kier alpha value is -0.860. The van der Waals surface area contributed by atoms with Crippen LogP contribution in [0.25, 0.3) is 0 Å². The highest BCUT2D eigenvalue weighted by Crippen LogP contribution is 2.15. The summed E-state index contributed by atoms with van der Waals surface area (Å²) in [6.07, 6.45) is 5.60. The van der Waals surface area contributed by atoms with Crippen molar-refractivity contribution in [3.05, 3.63) is 0 Å². The molecule has 3 heteroatoms. The number of rotatable bonds is 2. The van der Waals surface area contributed by atoms with Crippen LogP contribution in [-0.4, -0.2) is 22.8 Å². The van der Waals surface area contributed by atoms with E-state index in [0.29, 0.717) is 0 Å². The summed E-state index contributed by atoms with van der Waals surface area (Å²) in [5.74, 6) is -0.826. The van der Waals surface area contributed by atoms with Crippen LogP contribution in [0.3, 0.4) is 0 Å². The summed E-state index contributed by atoms with van der Waals surface area (Å²) in [6.45, 7) is 1.63. The summed E-state index contributed by atoms with van der Waals surface area (Å²) in [5, 5.41) is 8.61. The van der Waals surface area contributed by atoms with Gasteiger partial charge in [-0.05, 0) is 32.6 Å². The van der Waals surface area contributed by atoms with Crippen LogP contribution in [-0.2, 0) is 4.79 Å². The molecule has 0 radical (unpaired) electrons. The number of hydrogen-bond acceptors (Lipinski definition) is 2. The summed E-state index contributed by atoms with van der Waals surface area (Å²) >= 11 is 0. The Balaban J connectivity index is 2.48. The molecule has 1 saturated carbocycles. The molecule has 12 heavy (non-hydrogen) atoms. The van der Waals surface area contributed by atoms with E-state index in [4.69, 9.17) is 5.11 Å². The van der Waals surface area contributed by atoms with E-state index in [9.17, 15) is 4.79 Å². The van der Waals surface area contributed by atoms with Crippen LogP contribution >= 0.6 is 0 Å². The number of hydrogen-bond donors (Lipinski definition) is 1. The van der Waals surface area contributed by atoms with Crippen molar-refractivity contribution >= 4 is 11.7 Å². The van der Waals surface area contributed by atoms with Crippen molar-refractivity contribution in [1.29, 1.82) is 0 Å². The second-order valence-corrected chi connectivity index (χ2v) is 3.27. The number of nitrogens with zero attached hydrogens (tertiary/aromatic N) is 1. The topological polar surface area (TPSA) is 49.7 Å². The maximum absolute atomic E-state index is 10.5. The second-order valence-electron chi connectivity index (χ2n) is 3.27. The largest absolute Gasteiger partial charge is 0.480 e. The van der Waals surface area contributed by atoms with Gasteiger partial charge in [0.05, 0.1) is 0 Å². The summed E-state index contributed by atoms with van der Waals surface area (Å²) in [5.41, 5.74) is 1.09. The average molecular weight is 169 g/mol. The van der Waals surface area contributed by atoms with Crippen molar-refractivity contribution in [3.8, 4) is 0 Å². The Bertz CT molecular complexity index is 191. The summed E-state index contributed by atoms with van der Waals surface area (Å²) in [4.78, 5) is 14.6. The third kappa shape index (κ3) is 2.64. The first kappa shape index (κ1) is 9.23. The maximum atomic E-state index is 10.5. The van der Waals surface area contributed by atoms with Gasteiger partial charge in [-0.15, -0.1) is 0 Å². The molecule has 1 N–H and O–H groups in total. The zero-order chi connectivity index (χ0) is 8.97. The molecule has 1 rings (SSSR count). The predicted molar refractivity (Wildman–Crippen MR) is 47.6 cm³/mol. The van der Waals surface area contributed by atoms with E-state index in [-0.39, 0.29) is 0 Å². The quantitative estimate of drug-likeness (QED) is 0.686. The van der Waals surface area contributed by atoms with Gasteiger partial charge in [-0.25, -0.2) is 4.79 Å². The van der Waals surface area contributed by atoms with Gasteiger partial charge in [0.15, 0.2) is 0 Å². The zero-order valence-corrected chi connectivity index (χ0v) is 7.42. The third-order valence-electron chi connectivity index (χ3n) is 2.16. The molecule has 0 aromatic rings. The Morgan fingerprint density at radius 3 is 2.50 bits per heavy atom. The minimum Gasteiger partial charge on any atom is -0.480 e. The van der Waals surface area contributed by atoms with Crippen LogP contribution in [0, 0.1) is 0 Å². The molecular weight excluding hydrogens is 154 g/mol. The minimum atomic E-state index is -0.826. The van der Waals surface area contributed by atoms with Crippen LogP contribution in [0.2, 0.25) is 0 Å². The van der Waals surface area contributed by atoms with Crippen molar-refractivity contribution in [2.24, 2.45) is 4.99 Å². The molecule has 0 aromatic heterocycles. The zero-order valence-electron chi connectivity index (χ0n) is 7.42. The first-order valence-electron chi connectivity index (χ1n) is 4.48. The van der Waals surface area contributed by atoms with Gasteiger partial charge in [0.1, 0.15) is 6.04 Å². The van der Waals surface area contributed by atoms with Crippen LogP contribution in [0.1, 0.15) is 39.0 Å². The van der Waals surface area contributed by atoms with Crippen LogP contribution in [0.4, 0.5) is 0 Å². The van der Waals surface area contributed by atoms with E-state index >= 15 is 0 Å². The van der Waals surface area contributed by atoms with E-state index < -0.39 is 12.0 Å². The Morgan fingerprint density at radius 2 is 2.00 bits per heavy atom. The molecule has 1 aliphatic rings. The number of carbonyl (C=O) groups is 1. The standard InChI is InChI=1S/C9H15NO2/c1-7(9(11)12)10-8-5-3-2-4-6-8/h7H,2-6H2,1H3,(H,11,12)/t7-/m0/s1. The number of aliphatic carboxylic acids is 1. The van der Waals surface area contributed by atoms with Gasteiger partial charge >= 0.3 is 5.97 Å². The molecule has 0 bridgehead atoms. The van der Waals surface area contributed by atoms with Gasteiger partial charge < -0.3 is 5.11 Å². The van der Waals surface area contributed by atoms with Crippen molar-refractivity contribution in [2.45, 2.75) is 45.1 Å². The highest BCUT2D eigenvalue weighted by molar-refractivity contribution is 5.87. The van der Waals surface area contributed by atoms with Crippen molar-refractivity contribution < 1.29 is 9.90 Å². The highest BCUT2D eigenvalue weighted by Gasteiger charge is 2.12. The van der Waals surface area contributed by atoms with E-state index in [1.165, 1.54) is 19.3 Å². The molecule has 0 aliphatic heterocycles. The minimum absolute atomic E-state index is 0.557. The van der Waals surface area contributed by atoms with E-state index in [0.717, 1.165) is 18.6 Å².